The molecule has 46 valence electrons. The van der Waals surface area contributed by atoms with Gasteiger partial charge >= 0.3 is 0 Å². The summed E-state index contributed by atoms with van der Waals surface area (Å²) in [6.07, 6.45) is 0.709. The van der Waals surface area contributed by atoms with Gasteiger partial charge in [-0.15, -0.1) is 0 Å². The number of hydrogen-bond acceptors (Lipinski definition) is 2. The smallest absolute Gasteiger partial charge is 0.151 e. The second kappa shape index (κ2) is 1.86. The van der Waals surface area contributed by atoms with Gasteiger partial charge in [0, 0.05) is 12.5 Å². The fraction of sp³-hybridized carbons (Fsp3) is 0.833. The zero-order chi connectivity index (χ0) is 6.15. The van der Waals surface area contributed by atoms with E-state index in [0.717, 1.165) is 0 Å². The van der Waals surface area contributed by atoms with Crippen molar-refractivity contribution in [2.75, 3.05) is 0 Å². The van der Waals surface area contributed by atoms with E-state index >= 15 is 0 Å². The van der Waals surface area contributed by atoms with Crippen LogP contribution in [0.3, 0.4) is 0 Å². The molecule has 1 saturated heterocycles. The molecule has 1 N–H and O–H groups in total. The van der Waals surface area contributed by atoms with Gasteiger partial charge in [-0.2, -0.15) is 0 Å². The largest absolute Gasteiger partial charge is 0.305 e. The summed E-state index contributed by atoms with van der Waals surface area (Å²) < 4.78 is 0. The Bertz CT molecular complexity index is 111. The third-order valence-corrected chi connectivity index (χ3v) is 1.52. The number of nitrogens with one attached hydrogen (secondary N) is 1. The highest BCUT2D eigenvalue weighted by atomic mass is 16.1. The molecule has 0 saturated carbocycles. The Labute approximate surface area is 49.3 Å². The van der Waals surface area contributed by atoms with E-state index in [0.29, 0.717) is 18.2 Å². The lowest BCUT2D eigenvalue weighted by atomic mass is 10.2. The molecule has 2 atom stereocenters. The Morgan fingerprint density at radius 3 is 2.38 bits per heavy atom. The summed E-state index contributed by atoms with van der Waals surface area (Å²) >= 11 is 0. The fourth-order valence-corrected chi connectivity index (χ4v) is 1.06. The summed E-state index contributed by atoms with van der Waals surface area (Å²) in [6, 6.07) is 0.502. The van der Waals surface area contributed by atoms with Crippen molar-refractivity contribution in [1.82, 2.24) is 5.32 Å². The van der Waals surface area contributed by atoms with E-state index in [1.54, 1.807) is 0 Å². The van der Waals surface area contributed by atoms with Gasteiger partial charge in [-0.05, 0) is 13.8 Å². The first-order valence-corrected chi connectivity index (χ1v) is 2.99. The zero-order valence-electron chi connectivity index (χ0n) is 5.27. The van der Waals surface area contributed by atoms with Crippen LogP contribution in [0.5, 0.6) is 0 Å². The minimum Gasteiger partial charge on any atom is -0.305 e. The minimum atomic E-state index is 0.102. The highest BCUT2D eigenvalue weighted by molar-refractivity contribution is 5.86. The van der Waals surface area contributed by atoms with Gasteiger partial charge in [-0.3, -0.25) is 4.79 Å². The van der Waals surface area contributed by atoms with Crippen molar-refractivity contribution >= 4 is 5.78 Å². The number of ketones is 1. The van der Waals surface area contributed by atoms with Crippen molar-refractivity contribution in [3.8, 4) is 0 Å². The maximum Gasteiger partial charge on any atom is 0.151 e. The monoisotopic (exact) mass is 113 g/mol. The van der Waals surface area contributed by atoms with Crippen molar-refractivity contribution in [2.24, 2.45) is 0 Å². The Hall–Kier alpha value is -0.370. The summed E-state index contributed by atoms with van der Waals surface area (Å²) in [5.74, 6) is 0.345. The van der Waals surface area contributed by atoms with E-state index in [9.17, 15) is 4.79 Å². The lowest BCUT2D eigenvalue weighted by Gasteiger charge is -2.00. The number of hydrogen-bond donors (Lipinski definition) is 1. The molecule has 2 nitrogen and oxygen atoms in total. The maximum atomic E-state index is 10.7. The average Bonchev–Trinajstić information content (AvgIpc) is 1.85. The third-order valence-electron chi connectivity index (χ3n) is 1.52. The first kappa shape index (κ1) is 5.76. The lowest BCUT2D eigenvalue weighted by Crippen LogP contribution is -2.26. The summed E-state index contributed by atoms with van der Waals surface area (Å²) in [4.78, 5) is 10.7. The van der Waals surface area contributed by atoms with Crippen molar-refractivity contribution in [3.05, 3.63) is 0 Å². The Morgan fingerprint density at radius 2 is 2.25 bits per heavy atom. The molecule has 0 amide bonds. The van der Waals surface area contributed by atoms with E-state index in [-0.39, 0.29) is 6.04 Å². The van der Waals surface area contributed by atoms with Crippen LogP contribution in [0.4, 0.5) is 0 Å². The van der Waals surface area contributed by atoms with Crippen LogP contribution in [0, 0.1) is 0 Å². The number of rotatable bonds is 0. The molecule has 0 spiro atoms. The number of carbonyl (C=O) groups excluding carboxylic acids is 1. The van der Waals surface area contributed by atoms with Crippen LogP contribution in [0.25, 0.3) is 0 Å². The van der Waals surface area contributed by atoms with Crippen molar-refractivity contribution in [2.45, 2.75) is 32.4 Å². The fourth-order valence-electron chi connectivity index (χ4n) is 1.06. The van der Waals surface area contributed by atoms with Gasteiger partial charge in [-0.1, -0.05) is 0 Å². The van der Waals surface area contributed by atoms with Gasteiger partial charge in [0.15, 0.2) is 5.78 Å². The van der Waals surface area contributed by atoms with Crippen LogP contribution in [0.1, 0.15) is 20.3 Å². The summed E-state index contributed by atoms with van der Waals surface area (Å²) in [5, 5.41) is 3.12. The molecule has 0 aliphatic carbocycles. The van der Waals surface area contributed by atoms with Gasteiger partial charge in [0.2, 0.25) is 0 Å². The van der Waals surface area contributed by atoms with Crippen LogP contribution in [-0.2, 0) is 4.79 Å². The molecule has 1 aliphatic rings. The molecule has 1 fully saturated rings. The zero-order valence-corrected chi connectivity index (χ0v) is 5.27. The standard InChI is InChI=1S/C6H11NO/c1-4-3-6(8)5(2)7-4/h4-5,7H,3H2,1-2H3. The second-order valence-corrected chi connectivity index (χ2v) is 2.46. The van der Waals surface area contributed by atoms with Gasteiger partial charge in [0.05, 0.1) is 6.04 Å². The molecule has 0 aromatic carbocycles. The molecule has 2 heteroatoms. The van der Waals surface area contributed by atoms with E-state index in [2.05, 4.69) is 5.32 Å². The number of carbonyl (C=O) groups is 1. The molecular weight excluding hydrogens is 102 g/mol. The summed E-state index contributed by atoms with van der Waals surface area (Å²) in [6.45, 7) is 3.94. The second-order valence-electron chi connectivity index (χ2n) is 2.46. The Kier molecular flexibility index (Phi) is 1.34. The van der Waals surface area contributed by atoms with Gasteiger partial charge < -0.3 is 5.32 Å². The molecular formula is C6H11NO. The van der Waals surface area contributed by atoms with Crippen molar-refractivity contribution in [1.29, 1.82) is 0 Å². The lowest BCUT2D eigenvalue weighted by molar-refractivity contribution is -0.118. The maximum absolute atomic E-state index is 10.7. The van der Waals surface area contributed by atoms with Crippen LogP contribution < -0.4 is 5.32 Å². The van der Waals surface area contributed by atoms with Gasteiger partial charge in [0.1, 0.15) is 0 Å². The van der Waals surface area contributed by atoms with Crippen molar-refractivity contribution < 1.29 is 4.79 Å². The quantitative estimate of drug-likeness (QED) is 0.490. The highest BCUT2D eigenvalue weighted by Crippen LogP contribution is 2.05. The van der Waals surface area contributed by atoms with Crippen LogP contribution in [0.2, 0.25) is 0 Å². The topological polar surface area (TPSA) is 29.1 Å². The molecule has 0 radical (unpaired) electrons. The molecule has 0 bridgehead atoms. The normalized spacial score (nSPS) is 38.5. The van der Waals surface area contributed by atoms with E-state index in [1.807, 2.05) is 13.8 Å². The SMILES string of the molecule is CC1CC(=O)C(C)N1. The van der Waals surface area contributed by atoms with E-state index in [1.165, 1.54) is 0 Å². The average molecular weight is 113 g/mol. The summed E-state index contributed by atoms with van der Waals surface area (Å²) in [7, 11) is 0. The Balaban J connectivity index is 2.51. The van der Waals surface area contributed by atoms with Crippen LogP contribution in [-0.4, -0.2) is 17.9 Å². The molecule has 8 heavy (non-hydrogen) atoms. The molecule has 1 aliphatic heterocycles. The first-order chi connectivity index (χ1) is 3.70. The van der Waals surface area contributed by atoms with Crippen LogP contribution >= 0.6 is 0 Å². The molecule has 1 rings (SSSR count). The molecule has 0 aromatic rings. The summed E-state index contributed by atoms with van der Waals surface area (Å²) in [5.41, 5.74) is 0. The third kappa shape index (κ3) is 0.892. The van der Waals surface area contributed by atoms with Gasteiger partial charge in [-0.25, -0.2) is 0 Å². The number of Topliss-reactive ketones (excluding diaryl/α,β-unsaturated/α-hetero) is 1. The van der Waals surface area contributed by atoms with Gasteiger partial charge in [0.25, 0.3) is 0 Å². The first-order valence-electron chi connectivity index (χ1n) is 2.99. The predicted molar refractivity (Wildman–Crippen MR) is 31.7 cm³/mol. The molecule has 0 aromatic heterocycles. The van der Waals surface area contributed by atoms with E-state index < -0.39 is 0 Å². The van der Waals surface area contributed by atoms with Crippen molar-refractivity contribution in [3.63, 3.8) is 0 Å². The van der Waals surface area contributed by atoms with E-state index in [4.69, 9.17) is 0 Å². The highest BCUT2D eigenvalue weighted by Gasteiger charge is 2.24. The predicted octanol–water partition coefficient (Wildman–Crippen LogP) is 0.326. The van der Waals surface area contributed by atoms with Crippen LogP contribution in [0.15, 0.2) is 0 Å². The minimum absolute atomic E-state index is 0.102. The molecule has 2 unspecified atom stereocenters. The molecule has 1 heterocycles. The Morgan fingerprint density at radius 1 is 1.62 bits per heavy atom.